The van der Waals surface area contributed by atoms with Crippen molar-refractivity contribution in [2.24, 2.45) is 5.92 Å². The van der Waals surface area contributed by atoms with Crippen LogP contribution < -0.4 is 15.4 Å². The highest BCUT2D eigenvalue weighted by molar-refractivity contribution is 6.30. The van der Waals surface area contributed by atoms with Crippen LogP contribution >= 0.6 is 11.6 Å². The second kappa shape index (κ2) is 7.69. The Kier molecular flexibility index (Phi) is 5.57. The highest BCUT2D eigenvalue weighted by Gasteiger charge is 2.66. The monoisotopic (exact) mass is 444 g/mol. The molecule has 7 nitrogen and oxygen atoms in total. The Bertz CT molecular complexity index is 983. The minimum absolute atomic E-state index is 0.00879. The highest BCUT2D eigenvalue weighted by Crippen LogP contribution is 2.45. The number of aliphatic hydroxyl groups is 1. The number of carbonyl (C=O) groups excluding carboxylic acids is 2. The number of phenols is 1. The summed E-state index contributed by atoms with van der Waals surface area (Å²) in [6, 6.07) is 5.66. The van der Waals surface area contributed by atoms with Gasteiger partial charge in [-0.1, -0.05) is 17.7 Å². The standard InChI is InChI=1S/C19H16ClF3N2O5/c1-30-13-8-10(4-7-12(13)26)15-14(16(27)9-2-5-11(20)6-3-9)18(29,19(21,22)23)25-17(28)24-15/h2-8,14-15,26,29H,1H3,(H2,24,25,28)/t14-,15-,18+/m1/s1. The number of aromatic hydroxyl groups is 1. The molecule has 2 amide bonds. The number of ether oxygens (including phenoxy) is 1. The number of benzene rings is 2. The molecule has 1 heterocycles. The fourth-order valence-corrected chi connectivity index (χ4v) is 3.42. The Morgan fingerprint density at radius 3 is 2.40 bits per heavy atom. The number of phenolic OH excluding ortho intramolecular Hbond substituents is 1. The molecule has 11 heteroatoms. The van der Waals surface area contributed by atoms with E-state index in [1.165, 1.54) is 48.8 Å². The van der Waals surface area contributed by atoms with Crippen molar-refractivity contribution in [3.8, 4) is 11.5 Å². The van der Waals surface area contributed by atoms with E-state index in [4.69, 9.17) is 16.3 Å². The number of Topliss-reactive ketones (excluding diaryl/α,β-unsaturated/α-hetero) is 1. The van der Waals surface area contributed by atoms with Crippen LogP contribution in [0.15, 0.2) is 42.5 Å². The molecule has 0 aliphatic carbocycles. The molecule has 0 aromatic heterocycles. The fourth-order valence-electron chi connectivity index (χ4n) is 3.30. The van der Waals surface area contributed by atoms with E-state index in [1.54, 1.807) is 0 Å². The number of methoxy groups -OCH3 is 1. The number of amides is 2. The second-order valence-corrected chi connectivity index (χ2v) is 7.06. The third-order valence-electron chi connectivity index (χ3n) is 4.78. The summed E-state index contributed by atoms with van der Waals surface area (Å²) in [6.45, 7) is 0. The van der Waals surface area contributed by atoms with Crippen LogP contribution in [0.4, 0.5) is 18.0 Å². The molecule has 30 heavy (non-hydrogen) atoms. The largest absolute Gasteiger partial charge is 0.504 e. The molecule has 160 valence electrons. The van der Waals surface area contributed by atoms with Crippen LogP contribution in [0.25, 0.3) is 0 Å². The summed E-state index contributed by atoms with van der Waals surface area (Å²) < 4.78 is 46.5. The molecule has 0 bridgehead atoms. The number of ketones is 1. The molecule has 3 atom stereocenters. The van der Waals surface area contributed by atoms with Crippen LogP contribution in [-0.4, -0.2) is 41.0 Å². The maximum absolute atomic E-state index is 13.9. The van der Waals surface area contributed by atoms with Gasteiger partial charge in [-0.15, -0.1) is 0 Å². The van der Waals surface area contributed by atoms with Gasteiger partial charge in [0.15, 0.2) is 17.3 Å². The average Bonchev–Trinajstić information content (AvgIpc) is 2.67. The lowest BCUT2D eigenvalue weighted by Crippen LogP contribution is -2.72. The summed E-state index contributed by atoms with van der Waals surface area (Å²) in [5.74, 6) is -3.68. The number of hydrogen-bond acceptors (Lipinski definition) is 5. The first-order chi connectivity index (χ1) is 14.0. The summed E-state index contributed by atoms with van der Waals surface area (Å²) in [5.41, 5.74) is -4.00. The van der Waals surface area contributed by atoms with Crippen LogP contribution in [0.3, 0.4) is 0 Å². The lowest BCUT2D eigenvalue weighted by Gasteiger charge is -2.45. The van der Waals surface area contributed by atoms with Gasteiger partial charge in [0.2, 0.25) is 5.72 Å². The molecule has 1 saturated heterocycles. The molecule has 2 aromatic carbocycles. The number of alkyl halides is 3. The van der Waals surface area contributed by atoms with Gasteiger partial charge in [0, 0.05) is 10.6 Å². The van der Waals surface area contributed by atoms with E-state index in [0.29, 0.717) is 0 Å². The van der Waals surface area contributed by atoms with Gasteiger partial charge >= 0.3 is 12.2 Å². The lowest BCUT2D eigenvalue weighted by molar-refractivity contribution is -0.287. The molecule has 1 fully saturated rings. The smallest absolute Gasteiger partial charge is 0.437 e. The van der Waals surface area contributed by atoms with Crippen molar-refractivity contribution in [3.63, 3.8) is 0 Å². The van der Waals surface area contributed by atoms with Crippen LogP contribution in [0.5, 0.6) is 11.5 Å². The number of rotatable bonds is 4. The molecule has 0 radical (unpaired) electrons. The zero-order chi connectivity index (χ0) is 22.3. The maximum atomic E-state index is 13.9. The highest BCUT2D eigenvalue weighted by atomic mass is 35.5. The Labute approximate surface area is 173 Å². The minimum atomic E-state index is -5.38. The molecular formula is C19H16ClF3N2O5. The molecule has 4 N–H and O–H groups in total. The normalized spacial score (nSPS) is 24.0. The number of carbonyl (C=O) groups is 2. The van der Waals surface area contributed by atoms with E-state index < -0.39 is 35.7 Å². The zero-order valence-corrected chi connectivity index (χ0v) is 16.1. The third-order valence-corrected chi connectivity index (χ3v) is 5.03. The fraction of sp³-hybridized carbons (Fsp3) is 0.263. The number of urea groups is 1. The Hall–Kier alpha value is -2.98. The molecule has 0 spiro atoms. The summed E-state index contributed by atoms with van der Waals surface area (Å²) >= 11 is 5.78. The van der Waals surface area contributed by atoms with E-state index >= 15 is 0 Å². The quantitative estimate of drug-likeness (QED) is 0.542. The zero-order valence-electron chi connectivity index (χ0n) is 15.3. The van der Waals surface area contributed by atoms with Crippen LogP contribution in [-0.2, 0) is 0 Å². The van der Waals surface area contributed by atoms with Gasteiger partial charge in [0.05, 0.1) is 13.2 Å². The molecule has 2 aromatic rings. The van der Waals surface area contributed by atoms with Gasteiger partial charge in [-0.25, -0.2) is 4.79 Å². The molecule has 0 unspecified atom stereocenters. The second-order valence-electron chi connectivity index (χ2n) is 6.62. The summed E-state index contributed by atoms with van der Waals surface area (Å²) in [7, 11) is 1.22. The first kappa shape index (κ1) is 21.7. The average molecular weight is 445 g/mol. The third kappa shape index (κ3) is 3.75. The summed E-state index contributed by atoms with van der Waals surface area (Å²) in [6.07, 6.45) is -5.38. The summed E-state index contributed by atoms with van der Waals surface area (Å²) in [4.78, 5) is 25.1. The van der Waals surface area contributed by atoms with Crippen LogP contribution in [0.1, 0.15) is 22.0 Å². The topological polar surface area (TPSA) is 108 Å². The van der Waals surface area contributed by atoms with Crippen LogP contribution in [0, 0.1) is 5.92 Å². The van der Waals surface area contributed by atoms with E-state index in [9.17, 15) is 33.0 Å². The Morgan fingerprint density at radius 2 is 1.83 bits per heavy atom. The van der Waals surface area contributed by atoms with Crippen molar-refractivity contribution in [1.82, 2.24) is 10.6 Å². The van der Waals surface area contributed by atoms with Crippen molar-refractivity contribution in [2.75, 3.05) is 7.11 Å². The van der Waals surface area contributed by atoms with Crippen molar-refractivity contribution < 1.29 is 37.7 Å². The van der Waals surface area contributed by atoms with E-state index in [2.05, 4.69) is 5.32 Å². The van der Waals surface area contributed by atoms with Gasteiger partial charge in [-0.3, -0.25) is 4.79 Å². The Morgan fingerprint density at radius 1 is 1.20 bits per heavy atom. The van der Waals surface area contributed by atoms with Gasteiger partial charge in [0.1, 0.15) is 5.92 Å². The van der Waals surface area contributed by atoms with Crippen molar-refractivity contribution in [1.29, 1.82) is 0 Å². The van der Waals surface area contributed by atoms with Crippen molar-refractivity contribution in [3.05, 3.63) is 58.6 Å². The maximum Gasteiger partial charge on any atom is 0.437 e. The Balaban J connectivity index is 2.18. The van der Waals surface area contributed by atoms with Gasteiger partial charge in [-0.2, -0.15) is 13.2 Å². The SMILES string of the molecule is COc1cc([C@H]2NC(=O)N[C@@](O)(C(F)(F)F)[C@H]2C(=O)c2ccc(Cl)cc2)ccc1O. The number of hydrogen-bond donors (Lipinski definition) is 4. The molecule has 1 aliphatic rings. The minimum Gasteiger partial charge on any atom is -0.504 e. The van der Waals surface area contributed by atoms with Crippen molar-refractivity contribution >= 4 is 23.4 Å². The predicted molar refractivity (Wildman–Crippen MR) is 99.3 cm³/mol. The molecule has 0 saturated carbocycles. The summed E-state index contributed by atoms with van der Waals surface area (Å²) in [5, 5.41) is 24.2. The molecule has 1 aliphatic heterocycles. The lowest BCUT2D eigenvalue weighted by atomic mass is 9.77. The van der Waals surface area contributed by atoms with E-state index in [-0.39, 0.29) is 27.6 Å². The molecular weight excluding hydrogens is 429 g/mol. The van der Waals surface area contributed by atoms with Crippen LogP contribution in [0.2, 0.25) is 5.02 Å². The number of nitrogens with one attached hydrogen (secondary N) is 2. The number of halogens is 4. The predicted octanol–water partition coefficient (Wildman–Crippen LogP) is 3.16. The van der Waals surface area contributed by atoms with E-state index in [1.807, 2.05) is 0 Å². The first-order valence-electron chi connectivity index (χ1n) is 8.52. The van der Waals surface area contributed by atoms with E-state index in [0.717, 1.165) is 6.07 Å². The van der Waals surface area contributed by atoms with Crippen molar-refractivity contribution in [2.45, 2.75) is 17.9 Å². The first-order valence-corrected chi connectivity index (χ1v) is 8.90. The van der Waals surface area contributed by atoms with Gasteiger partial charge in [-0.05, 0) is 42.0 Å². The van der Waals surface area contributed by atoms with Gasteiger partial charge in [0.25, 0.3) is 0 Å². The van der Waals surface area contributed by atoms with Gasteiger partial charge < -0.3 is 25.6 Å². The molecule has 3 rings (SSSR count).